The van der Waals surface area contributed by atoms with Crippen LogP contribution in [0.3, 0.4) is 0 Å². The highest BCUT2D eigenvalue weighted by Crippen LogP contribution is 2.04. The maximum Gasteiger partial charge on any atom is 0.458 e. The first-order valence-electron chi connectivity index (χ1n) is 2.67. The van der Waals surface area contributed by atoms with Gasteiger partial charge in [-0.15, -0.1) is 0 Å². The summed E-state index contributed by atoms with van der Waals surface area (Å²) < 4.78 is 0. The predicted octanol–water partition coefficient (Wildman–Crippen LogP) is 0.425. The molecule has 0 spiro atoms. The minimum atomic E-state index is -1.22. The highest BCUT2D eigenvalue weighted by Gasteiger charge is 2.13. The van der Waals surface area contributed by atoms with Crippen molar-refractivity contribution in [3.63, 3.8) is 0 Å². The zero-order valence-electron chi connectivity index (χ0n) is 5.20. The van der Waals surface area contributed by atoms with E-state index in [0.717, 1.165) is 0 Å². The molecule has 0 amide bonds. The van der Waals surface area contributed by atoms with Crippen molar-refractivity contribution >= 4 is 7.12 Å². The summed E-state index contributed by atoms with van der Waals surface area (Å²) in [6, 6.07) is 0. The van der Waals surface area contributed by atoms with Crippen LogP contribution in [0.2, 0.25) is 5.82 Å². The Hall–Kier alpha value is -0.275. The fraction of sp³-hybridized carbons (Fsp3) is 0.600. The predicted molar refractivity (Wildman–Crippen MR) is 34.4 cm³/mol. The van der Waals surface area contributed by atoms with Crippen molar-refractivity contribution in [3.8, 4) is 0 Å². The van der Waals surface area contributed by atoms with Gasteiger partial charge in [0.1, 0.15) is 0 Å². The summed E-state index contributed by atoms with van der Waals surface area (Å²) in [5, 5.41) is 16.9. The van der Waals surface area contributed by atoms with Crippen LogP contribution in [0.4, 0.5) is 0 Å². The third-order valence-corrected chi connectivity index (χ3v) is 0.966. The highest BCUT2D eigenvalue weighted by atomic mass is 16.4. The van der Waals surface area contributed by atoms with E-state index in [2.05, 4.69) is 0 Å². The standard InChI is InChI=1S/C5H11BO2/c1-3-4-5(2)6(7)8/h3-5,7-8H,1-2H3/b4-3-. The van der Waals surface area contributed by atoms with Gasteiger partial charge in [-0.05, 0) is 6.92 Å². The quantitative estimate of drug-likeness (QED) is 0.403. The van der Waals surface area contributed by atoms with E-state index in [1.54, 1.807) is 19.1 Å². The molecule has 2 N–H and O–H groups in total. The van der Waals surface area contributed by atoms with E-state index >= 15 is 0 Å². The second kappa shape index (κ2) is 3.69. The molecule has 0 saturated carbocycles. The Bertz CT molecular complexity index is 80.5. The third kappa shape index (κ3) is 2.83. The fourth-order valence-corrected chi connectivity index (χ4v) is 0.403. The van der Waals surface area contributed by atoms with E-state index in [0.29, 0.717) is 0 Å². The average molecular weight is 114 g/mol. The van der Waals surface area contributed by atoms with E-state index in [1.165, 1.54) is 0 Å². The molecule has 3 heteroatoms. The third-order valence-electron chi connectivity index (χ3n) is 0.966. The van der Waals surface area contributed by atoms with Gasteiger partial charge in [-0.1, -0.05) is 19.1 Å². The number of hydrogen-bond acceptors (Lipinski definition) is 2. The Morgan fingerprint density at radius 2 is 2.00 bits per heavy atom. The van der Waals surface area contributed by atoms with Crippen molar-refractivity contribution in [1.29, 1.82) is 0 Å². The van der Waals surface area contributed by atoms with Crippen molar-refractivity contribution in [2.45, 2.75) is 19.7 Å². The Morgan fingerprint density at radius 3 is 2.12 bits per heavy atom. The molecule has 0 bridgehead atoms. The molecule has 0 saturated heterocycles. The molecule has 0 rings (SSSR count). The topological polar surface area (TPSA) is 40.5 Å². The molecule has 0 radical (unpaired) electrons. The second-order valence-electron chi connectivity index (χ2n) is 1.80. The van der Waals surface area contributed by atoms with Crippen molar-refractivity contribution in [1.82, 2.24) is 0 Å². The van der Waals surface area contributed by atoms with Gasteiger partial charge in [0.2, 0.25) is 0 Å². The van der Waals surface area contributed by atoms with E-state index < -0.39 is 7.12 Å². The first kappa shape index (κ1) is 7.72. The monoisotopic (exact) mass is 114 g/mol. The summed E-state index contributed by atoms with van der Waals surface area (Å²) in [4.78, 5) is 0. The fourth-order valence-electron chi connectivity index (χ4n) is 0.403. The Kier molecular flexibility index (Phi) is 3.57. The molecule has 8 heavy (non-hydrogen) atoms. The molecule has 1 atom stereocenters. The van der Waals surface area contributed by atoms with Gasteiger partial charge in [0.25, 0.3) is 0 Å². The van der Waals surface area contributed by atoms with Crippen molar-refractivity contribution < 1.29 is 10.0 Å². The van der Waals surface area contributed by atoms with Gasteiger partial charge in [0.05, 0.1) is 0 Å². The lowest BCUT2D eigenvalue weighted by atomic mass is 9.74. The SMILES string of the molecule is C/C=C\C(C)B(O)O. The Balaban J connectivity index is 3.47. The van der Waals surface area contributed by atoms with Gasteiger partial charge in [0.15, 0.2) is 0 Å². The number of hydrogen-bond donors (Lipinski definition) is 2. The van der Waals surface area contributed by atoms with Crippen LogP contribution in [-0.4, -0.2) is 17.2 Å². The number of allylic oxidation sites excluding steroid dienone is 2. The molecule has 0 aliphatic rings. The van der Waals surface area contributed by atoms with Crippen LogP contribution in [-0.2, 0) is 0 Å². The van der Waals surface area contributed by atoms with Crippen molar-refractivity contribution in [3.05, 3.63) is 12.2 Å². The molecule has 1 unspecified atom stereocenters. The van der Waals surface area contributed by atoms with Gasteiger partial charge >= 0.3 is 7.12 Å². The maximum atomic E-state index is 8.46. The summed E-state index contributed by atoms with van der Waals surface area (Å²) in [5.41, 5.74) is 0. The van der Waals surface area contributed by atoms with Gasteiger partial charge < -0.3 is 10.0 Å². The van der Waals surface area contributed by atoms with Crippen LogP contribution in [0.5, 0.6) is 0 Å². The molecule has 0 aromatic rings. The van der Waals surface area contributed by atoms with E-state index in [-0.39, 0.29) is 5.82 Å². The summed E-state index contributed by atoms with van der Waals surface area (Å²) in [5.74, 6) is -0.153. The zero-order chi connectivity index (χ0) is 6.57. The van der Waals surface area contributed by atoms with Crippen LogP contribution in [0.25, 0.3) is 0 Å². The molecule has 2 nitrogen and oxygen atoms in total. The maximum absolute atomic E-state index is 8.46. The van der Waals surface area contributed by atoms with Crippen LogP contribution >= 0.6 is 0 Å². The van der Waals surface area contributed by atoms with Crippen LogP contribution in [0.1, 0.15) is 13.8 Å². The Morgan fingerprint density at radius 1 is 1.50 bits per heavy atom. The van der Waals surface area contributed by atoms with E-state index in [9.17, 15) is 0 Å². The first-order valence-corrected chi connectivity index (χ1v) is 2.67. The lowest BCUT2D eigenvalue weighted by Crippen LogP contribution is -2.15. The molecule has 0 aromatic carbocycles. The van der Waals surface area contributed by atoms with E-state index in [1.807, 2.05) is 6.92 Å². The van der Waals surface area contributed by atoms with Gasteiger partial charge in [0, 0.05) is 5.82 Å². The minimum absolute atomic E-state index is 0.153. The molecular weight excluding hydrogens is 103 g/mol. The molecule has 0 aliphatic heterocycles. The van der Waals surface area contributed by atoms with Crippen LogP contribution in [0, 0.1) is 0 Å². The Labute approximate surface area is 50.0 Å². The molecule has 0 aliphatic carbocycles. The lowest BCUT2D eigenvalue weighted by molar-refractivity contribution is 0.398. The van der Waals surface area contributed by atoms with Gasteiger partial charge in [-0.25, -0.2) is 0 Å². The molecule has 0 aromatic heterocycles. The molecule has 0 heterocycles. The van der Waals surface area contributed by atoms with Crippen molar-refractivity contribution in [2.24, 2.45) is 0 Å². The average Bonchev–Trinajstić information content (AvgIpc) is 1.67. The summed E-state index contributed by atoms with van der Waals surface area (Å²) in [6.45, 7) is 3.59. The normalized spacial score (nSPS) is 14.5. The largest absolute Gasteiger partial charge is 0.458 e. The van der Waals surface area contributed by atoms with Crippen LogP contribution in [0.15, 0.2) is 12.2 Å². The van der Waals surface area contributed by atoms with Gasteiger partial charge in [-0.2, -0.15) is 0 Å². The highest BCUT2D eigenvalue weighted by molar-refractivity contribution is 6.43. The minimum Gasteiger partial charge on any atom is -0.427 e. The second-order valence-corrected chi connectivity index (χ2v) is 1.80. The smallest absolute Gasteiger partial charge is 0.427 e. The summed E-state index contributed by atoms with van der Waals surface area (Å²) >= 11 is 0. The molecular formula is C5H11BO2. The van der Waals surface area contributed by atoms with E-state index in [4.69, 9.17) is 10.0 Å². The van der Waals surface area contributed by atoms with Crippen LogP contribution < -0.4 is 0 Å². The summed E-state index contributed by atoms with van der Waals surface area (Å²) in [7, 11) is -1.22. The summed E-state index contributed by atoms with van der Waals surface area (Å²) in [6.07, 6.45) is 3.54. The lowest BCUT2D eigenvalue weighted by Gasteiger charge is -2.00. The van der Waals surface area contributed by atoms with Gasteiger partial charge in [-0.3, -0.25) is 0 Å². The molecule has 46 valence electrons. The molecule has 0 fully saturated rings. The zero-order valence-corrected chi connectivity index (χ0v) is 5.20. The number of rotatable bonds is 2. The van der Waals surface area contributed by atoms with Crippen molar-refractivity contribution in [2.75, 3.05) is 0 Å². The first-order chi connectivity index (χ1) is 3.68.